The van der Waals surface area contributed by atoms with Crippen molar-refractivity contribution in [3.05, 3.63) is 77.2 Å². The second kappa shape index (κ2) is 8.08. The van der Waals surface area contributed by atoms with Crippen LogP contribution in [0.1, 0.15) is 5.69 Å². The van der Waals surface area contributed by atoms with Crippen LogP contribution in [0.5, 0.6) is 11.6 Å². The number of halogens is 6. The van der Waals surface area contributed by atoms with Crippen molar-refractivity contribution in [2.45, 2.75) is 6.18 Å². The smallest absolute Gasteiger partial charge is 0.432 e. The number of nitrogens with zero attached hydrogens (tertiary/aromatic N) is 5. The van der Waals surface area contributed by atoms with Gasteiger partial charge < -0.3 is 10.6 Å². The molecule has 3 rings (SSSR count). The fourth-order valence-corrected chi connectivity index (χ4v) is 2.82. The maximum Gasteiger partial charge on any atom is 0.433 e. The highest BCUT2D eigenvalue weighted by atomic mass is 35.5. The minimum Gasteiger partial charge on any atom is -0.432 e. The number of nitrogens with two attached hydrogens (primary N) is 1. The number of hydrogen-bond acceptors (Lipinski definition) is 8. The van der Waals surface area contributed by atoms with Crippen LogP contribution in [-0.2, 0) is 6.18 Å². The van der Waals surface area contributed by atoms with E-state index in [2.05, 4.69) is 9.97 Å². The van der Waals surface area contributed by atoms with Crippen LogP contribution in [0.25, 0.3) is 5.69 Å². The third kappa shape index (κ3) is 4.06. The molecule has 0 aliphatic carbocycles. The van der Waals surface area contributed by atoms with Gasteiger partial charge in [0.15, 0.2) is 11.4 Å². The average Bonchev–Trinajstić information content (AvgIpc) is 2.67. The second-order valence-corrected chi connectivity index (χ2v) is 6.53. The maximum absolute atomic E-state index is 14.5. The maximum atomic E-state index is 14.5. The van der Waals surface area contributed by atoms with Gasteiger partial charge in [0.05, 0.1) is 15.6 Å². The second-order valence-electron chi connectivity index (χ2n) is 5.77. The summed E-state index contributed by atoms with van der Waals surface area (Å²) in [4.78, 5) is 41.6. The van der Waals surface area contributed by atoms with E-state index in [-0.39, 0.29) is 10.6 Å². The van der Waals surface area contributed by atoms with Crippen LogP contribution >= 0.6 is 23.2 Å². The number of alkyl halides is 3. The summed E-state index contributed by atoms with van der Waals surface area (Å²) in [5.41, 5.74) is -6.89. The molecule has 0 spiro atoms. The first kappa shape index (κ1) is 23.0. The summed E-state index contributed by atoms with van der Waals surface area (Å²) in [6.45, 7) is 0. The van der Waals surface area contributed by atoms with Crippen molar-refractivity contribution >= 4 is 28.9 Å². The Kier molecular flexibility index (Phi) is 5.80. The molecule has 1 aromatic carbocycles. The standard InChI is InChI=1S/C15H6Cl2F4N6O5/c16-5-1-6(18)7(25-10(28)3-9(15(19,20)21)26(22)14(25)29)2-8(5)32-13-11(27(30)31)12(17)23-4-24-13/h1-4H,22H2. The van der Waals surface area contributed by atoms with Crippen molar-refractivity contribution in [3.8, 4) is 17.3 Å². The lowest BCUT2D eigenvalue weighted by Crippen LogP contribution is -2.45. The molecule has 0 fully saturated rings. The van der Waals surface area contributed by atoms with Crippen molar-refractivity contribution in [2.24, 2.45) is 0 Å². The van der Waals surface area contributed by atoms with Gasteiger partial charge in [0.25, 0.3) is 5.56 Å². The Morgan fingerprint density at radius 3 is 2.41 bits per heavy atom. The normalized spacial score (nSPS) is 11.4. The van der Waals surface area contributed by atoms with Gasteiger partial charge in [-0.25, -0.2) is 23.4 Å². The number of nitro groups is 1. The molecule has 0 bridgehead atoms. The number of hydrogen-bond donors (Lipinski definition) is 1. The Morgan fingerprint density at radius 1 is 1.16 bits per heavy atom. The van der Waals surface area contributed by atoms with Gasteiger partial charge in [-0.05, 0) is 6.07 Å². The monoisotopic (exact) mass is 496 g/mol. The van der Waals surface area contributed by atoms with Crippen LogP contribution in [0.4, 0.5) is 23.2 Å². The fourth-order valence-electron chi connectivity index (χ4n) is 2.44. The molecule has 0 aliphatic rings. The molecular weight excluding hydrogens is 491 g/mol. The first-order valence-electron chi connectivity index (χ1n) is 7.86. The SMILES string of the molecule is Nn1c(C(F)(F)F)cc(=O)n(-c2cc(Oc3ncnc(Cl)c3[N+](=O)[O-])c(Cl)cc2F)c1=O. The molecular formula is C15H6Cl2F4N6O5. The molecule has 3 aromatic rings. The number of rotatable bonds is 4. The van der Waals surface area contributed by atoms with Crippen LogP contribution in [0.3, 0.4) is 0 Å². The minimum atomic E-state index is -5.15. The summed E-state index contributed by atoms with van der Waals surface area (Å²) >= 11 is 11.5. The van der Waals surface area contributed by atoms with E-state index in [1.165, 1.54) is 0 Å². The van der Waals surface area contributed by atoms with E-state index >= 15 is 0 Å². The van der Waals surface area contributed by atoms with E-state index in [1.807, 2.05) is 0 Å². The van der Waals surface area contributed by atoms with Gasteiger partial charge in [-0.3, -0.25) is 14.9 Å². The molecule has 0 aliphatic heterocycles. The predicted octanol–water partition coefficient (Wildman–Crippen LogP) is 2.67. The highest BCUT2D eigenvalue weighted by Gasteiger charge is 2.36. The Hall–Kier alpha value is -3.72. The molecule has 17 heteroatoms. The van der Waals surface area contributed by atoms with E-state index in [0.29, 0.717) is 12.1 Å². The molecule has 2 heterocycles. The van der Waals surface area contributed by atoms with Gasteiger partial charge >= 0.3 is 23.4 Å². The van der Waals surface area contributed by atoms with Crippen molar-refractivity contribution in [2.75, 3.05) is 5.84 Å². The number of nitrogen functional groups attached to an aromatic ring is 1. The summed E-state index contributed by atoms with van der Waals surface area (Å²) in [6.07, 6.45) is -4.35. The van der Waals surface area contributed by atoms with E-state index in [4.69, 9.17) is 33.8 Å². The third-order valence-corrected chi connectivity index (χ3v) is 4.38. The highest BCUT2D eigenvalue weighted by Crippen LogP contribution is 2.37. The lowest BCUT2D eigenvalue weighted by molar-refractivity contribution is -0.386. The molecule has 0 amide bonds. The Morgan fingerprint density at radius 2 is 1.81 bits per heavy atom. The molecule has 0 saturated heterocycles. The minimum absolute atomic E-state index is 0.0187. The van der Waals surface area contributed by atoms with Crippen molar-refractivity contribution in [1.29, 1.82) is 0 Å². The lowest BCUT2D eigenvalue weighted by atomic mass is 10.2. The predicted molar refractivity (Wildman–Crippen MR) is 100 cm³/mol. The number of benzene rings is 1. The largest absolute Gasteiger partial charge is 0.433 e. The molecule has 2 N–H and O–H groups in total. The fraction of sp³-hybridized carbons (Fsp3) is 0.0667. The summed E-state index contributed by atoms with van der Waals surface area (Å²) in [7, 11) is 0. The highest BCUT2D eigenvalue weighted by molar-refractivity contribution is 6.32. The van der Waals surface area contributed by atoms with Crippen LogP contribution in [0.15, 0.2) is 34.1 Å². The molecule has 0 radical (unpaired) electrons. The summed E-state index contributed by atoms with van der Waals surface area (Å²) < 4.78 is 58.1. The van der Waals surface area contributed by atoms with Gasteiger partial charge in [0.2, 0.25) is 5.15 Å². The third-order valence-electron chi connectivity index (χ3n) is 3.80. The van der Waals surface area contributed by atoms with Crippen molar-refractivity contribution < 1.29 is 27.2 Å². The summed E-state index contributed by atoms with van der Waals surface area (Å²) in [5, 5.41) is 10.1. The quantitative estimate of drug-likeness (QED) is 0.190. The van der Waals surface area contributed by atoms with Gasteiger partial charge in [0.1, 0.15) is 12.1 Å². The Balaban J connectivity index is 2.22. The van der Waals surface area contributed by atoms with E-state index in [1.54, 1.807) is 0 Å². The van der Waals surface area contributed by atoms with Crippen molar-refractivity contribution in [3.63, 3.8) is 0 Å². The zero-order valence-corrected chi connectivity index (χ0v) is 16.4. The van der Waals surface area contributed by atoms with Crippen molar-refractivity contribution in [1.82, 2.24) is 19.2 Å². The molecule has 11 nitrogen and oxygen atoms in total. The Labute approximate surface area is 182 Å². The Bertz CT molecular complexity index is 1370. The molecule has 2 aromatic heterocycles. The van der Waals surface area contributed by atoms with Crippen LogP contribution in [0, 0.1) is 15.9 Å². The van der Waals surface area contributed by atoms with Crippen LogP contribution < -0.4 is 21.8 Å². The average molecular weight is 497 g/mol. The van der Waals surface area contributed by atoms with E-state index < -0.39 is 71.7 Å². The van der Waals surface area contributed by atoms with Crippen LogP contribution in [-0.4, -0.2) is 24.1 Å². The zero-order chi connectivity index (χ0) is 24.0. The number of ether oxygens (including phenoxy) is 1. The molecule has 168 valence electrons. The van der Waals surface area contributed by atoms with Crippen LogP contribution in [0.2, 0.25) is 10.2 Å². The van der Waals surface area contributed by atoms with Gasteiger partial charge in [-0.1, -0.05) is 23.2 Å². The topological polar surface area (TPSA) is 148 Å². The van der Waals surface area contributed by atoms with E-state index in [9.17, 15) is 37.3 Å². The molecule has 0 unspecified atom stereocenters. The zero-order valence-electron chi connectivity index (χ0n) is 14.9. The number of aromatic nitrogens is 4. The molecule has 0 saturated carbocycles. The summed E-state index contributed by atoms with van der Waals surface area (Å²) in [6, 6.07) is 1.16. The molecule has 0 atom stereocenters. The van der Waals surface area contributed by atoms with Gasteiger partial charge in [-0.15, -0.1) is 0 Å². The van der Waals surface area contributed by atoms with Gasteiger partial charge in [-0.2, -0.15) is 18.2 Å². The molecule has 32 heavy (non-hydrogen) atoms. The van der Waals surface area contributed by atoms with E-state index in [0.717, 1.165) is 6.33 Å². The summed E-state index contributed by atoms with van der Waals surface area (Å²) in [5.74, 6) is 2.51. The lowest BCUT2D eigenvalue weighted by Gasteiger charge is -2.15. The first-order valence-corrected chi connectivity index (χ1v) is 8.62. The first-order chi connectivity index (χ1) is 14.8. The van der Waals surface area contributed by atoms with Gasteiger partial charge in [0, 0.05) is 12.1 Å².